The molecular weight excluding hydrogens is 252 g/mol. The highest BCUT2D eigenvalue weighted by Crippen LogP contribution is 2.28. The summed E-state index contributed by atoms with van der Waals surface area (Å²) in [6.45, 7) is 0. The van der Waals surface area contributed by atoms with Crippen LogP contribution in [0.15, 0.2) is 42.5 Å². The molecule has 0 radical (unpaired) electrons. The van der Waals surface area contributed by atoms with Crippen molar-refractivity contribution >= 4 is 23.9 Å². The van der Waals surface area contributed by atoms with E-state index in [4.69, 9.17) is 11.6 Å². The Hall–Kier alpha value is -2.13. The molecule has 0 fully saturated rings. The van der Waals surface area contributed by atoms with Crippen molar-refractivity contribution in [1.29, 1.82) is 0 Å². The van der Waals surface area contributed by atoms with Gasteiger partial charge < -0.3 is 9.90 Å². The van der Waals surface area contributed by atoms with Gasteiger partial charge in [-0.15, -0.1) is 0 Å². The third kappa shape index (κ3) is 2.41. The number of hydrogen-bond acceptors (Lipinski definition) is 3. The highest BCUT2D eigenvalue weighted by Gasteiger charge is 2.05. The molecule has 3 nitrogen and oxygen atoms in total. The van der Waals surface area contributed by atoms with Crippen LogP contribution in [0.3, 0.4) is 0 Å². The van der Waals surface area contributed by atoms with Crippen molar-refractivity contribution in [2.45, 2.75) is 0 Å². The first kappa shape index (κ1) is 12.3. The summed E-state index contributed by atoms with van der Waals surface area (Å²) in [7, 11) is 0. The zero-order valence-corrected chi connectivity index (χ0v) is 9.98. The summed E-state index contributed by atoms with van der Waals surface area (Å²) in [5.41, 5.74) is 1.95. The highest BCUT2D eigenvalue weighted by molar-refractivity contribution is 6.33. The second-order valence-corrected chi connectivity index (χ2v) is 4.13. The second-order valence-electron chi connectivity index (χ2n) is 3.72. The van der Waals surface area contributed by atoms with Gasteiger partial charge in [0.25, 0.3) is 0 Å². The Morgan fingerprint density at radius 3 is 2.33 bits per heavy atom. The number of carboxylic acids is 1. The van der Waals surface area contributed by atoms with E-state index in [1.165, 1.54) is 18.2 Å². The fraction of sp³-hybridized carbons (Fsp3) is 0. The van der Waals surface area contributed by atoms with Crippen molar-refractivity contribution in [2.24, 2.45) is 0 Å². The van der Waals surface area contributed by atoms with Crippen LogP contribution in [0.25, 0.3) is 11.1 Å². The highest BCUT2D eigenvalue weighted by atomic mass is 35.5. The minimum atomic E-state index is -1.25. The summed E-state index contributed by atoms with van der Waals surface area (Å²) >= 11 is 6.03. The Balaban J connectivity index is 2.51. The van der Waals surface area contributed by atoms with E-state index < -0.39 is 5.97 Å². The van der Waals surface area contributed by atoms with Gasteiger partial charge in [0.2, 0.25) is 0 Å². The fourth-order valence-corrected chi connectivity index (χ4v) is 1.84. The molecule has 0 aliphatic carbocycles. The number of carboxylic acid groups (broad SMARTS) is 1. The van der Waals surface area contributed by atoms with Gasteiger partial charge in [-0.05, 0) is 23.3 Å². The van der Waals surface area contributed by atoms with E-state index in [-0.39, 0.29) is 5.56 Å². The van der Waals surface area contributed by atoms with Gasteiger partial charge in [0, 0.05) is 16.1 Å². The molecule has 0 amide bonds. The van der Waals surface area contributed by atoms with Crippen LogP contribution in [0.2, 0.25) is 5.02 Å². The number of hydrogen-bond donors (Lipinski definition) is 0. The summed E-state index contributed by atoms with van der Waals surface area (Å²) in [6, 6.07) is 11.1. The SMILES string of the molecule is O=Cc1ccc(-c2cc(C(=O)[O-])ccc2Cl)cc1. The number of rotatable bonds is 3. The summed E-state index contributed by atoms with van der Waals surface area (Å²) in [6.07, 6.45) is 0.739. The lowest BCUT2D eigenvalue weighted by Gasteiger charge is -2.08. The number of aldehydes is 1. The van der Waals surface area contributed by atoms with Crippen LogP contribution < -0.4 is 5.11 Å². The molecule has 0 aliphatic rings. The monoisotopic (exact) mass is 259 g/mol. The first-order valence-electron chi connectivity index (χ1n) is 5.18. The summed E-state index contributed by atoms with van der Waals surface area (Å²) in [4.78, 5) is 21.3. The molecule has 18 heavy (non-hydrogen) atoms. The largest absolute Gasteiger partial charge is 0.545 e. The topological polar surface area (TPSA) is 57.2 Å². The average molecular weight is 260 g/mol. The van der Waals surface area contributed by atoms with Crippen molar-refractivity contribution in [3.8, 4) is 11.1 Å². The molecule has 2 rings (SSSR count). The molecular formula is C14H8ClO3-. The van der Waals surface area contributed by atoms with Gasteiger partial charge in [-0.3, -0.25) is 4.79 Å². The van der Waals surface area contributed by atoms with Crippen molar-refractivity contribution in [1.82, 2.24) is 0 Å². The van der Waals surface area contributed by atoms with Gasteiger partial charge in [-0.25, -0.2) is 0 Å². The molecule has 0 spiro atoms. The maximum Gasteiger partial charge on any atom is 0.150 e. The number of carbonyl (C=O) groups excluding carboxylic acids is 2. The molecule has 4 heteroatoms. The van der Waals surface area contributed by atoms with Gasteiger partial charge in [-0.1, -0.05) is 41.9 Å². The lowest BCUT2D eigenvalue weighted by molar-refractivity contribution is -0.255. The third-order valence-corrected chi connectivity index (χ3v) is 2.89. The maximum absolute atomic E-state index is 10.8. The number of benzene rings is 2. The van der Waals surface area contributed by atoms with E-state index >= 15 is 0 Å². The van der Waals surface area contributed by atoms with E-state index in [1.54, 1.807) is 24.3 Å². The first-order valence-corrected chi connectivity index (χ1v) is 5.56. The quantitative estimate of drug-likeness (QED) is 0.794. The van der Waals surface area contributed by atoms with Gasteiger partial charge in [0.1, 0.15) is 6.29 Å². The van der Waals surface area contributed by atoms with Crippen LogP contribution in [0.4, 0.5) is 0 Å². The molecule has 0 saturated heterocycles. The molecule has 0 N–H and O–H groups in total. The van der Waals surface area contributed by atoms with Crippen molar-refractivity contribution < 1.29 is 14.7 Å². The van der Waals surface area contributed by atoms with Gasteiger partial charge in [-0.2, -0.15) is 0 Å². The standard InChI is InChI=1S/C14H9ClO3/c15-13-6-5-11(14(17)18)7-12(13)10-3-1-9(8-16)2-4-10/h1-8H,(H,17,18)/p-1. The van der Waals surface area contributed by atoms with Crippen molar-refractivity contribution in [3.63, 3.8) is 0 Å². The molecule has 90 valence electrons. The van der Waals surface area contributed by atoms with Crippen LogP contribution in [-0.2, 0) is 0 Å². The molecule has 0 aliphatic heterocycles. The molecule has 2 aromatic rings. The maximum atomic E-state index is 10.8. The molecule has 0 atom stereocenters. The van der Waals surface area contributed by atoms with Crippen LogP contribution in [-0.4, -0.2) is 12.3 Å². The van der Waals surface area contributed by atoms with Crippen LogP contribution in [0.1, 0.15) is 20.7 Å². The lowest BCUT2D eigenvalue weighted by Crippen LogP contribution is -2.22. The first-order chi connectivity index (χ1) is 8.61. The van der Waals surface area contributed by atoms with Gasteiger partial charge >= 0.3 is 0 Å². The third-order valence-electron chi connectivity index (χ3n) is 2.56. The summed E-state index contributed by atoms with van der Waals surface area (Å²) < 4.78 is 0. The van der Waals surface area contributed by atoms with Crippen LogP contribution in [0, 0.1) is 0 Å². The number of carbonyl (C=O) groups is 2. The summed E-state index contributed by atoms with van der Waals surface area (Å²) in [5, 5.41) is 11.2. The zero-order chi connectivity index (χ0) is 13.1. The van der Waals surface area contributed by atoms with E-state index in [0.717, 1.165) is 11.8 Å². The van der Waals surface area contributed by atoms with Crippen molar-refractivity contribution in [2.75, 3.05) is 0 Å². The fourth-order valence-electron chi connectivity index (χ4n) is 1.61. The second kappa shape index (κ2) is 5.02. The summed E-state index contributed by atoms with van der Waals surface area (Å²) in [5.74, 6) is -1.25. The van der Waals surface area contributed by atoms with E-state index in [2.05, 4.69) is 0 Å². The molecule has 0 bridgehead atoms. The minimum absolute atomic E-state index is 0.0638. The molecule has 2 aromatic carbocycles. The van der Waals surface area contributed by atoms with E-state index in [1.807, 2.05) is 0 Å². The van der Waals surface area contributed by atoms with E-state index in [0.29, 0.717) is 16.1 Å². The average Bonchev–Trinajstić information content (AvgIpc) is 2.39. The predicted octanol–water partition coefficient (Wildman–Crippen LogP) is 2.18. The lowest BCUT2D eigenvalue weighted by atomic mass is 10.0. The Morgan fingerprint density at radius 1 is 1.11 bits per heavy atom. The molecule has 0 unspecified atom stereocenters. The number of aromatic carboxylic acids is 1. The van der Waals surface area contributed by atoms with Gasteiger partial charge in [0.05, 0.1) is 5.97 Å². The van der Waals surface area contributed by atoms with E-state index in [9.17, 15) is 14.7 Å². The normalized spacial score (nSPS) is 10.1. The Kier molecular flexibility index (Phi) is 3.44. The Bertz CT molecular complexity index is 603. The number of halogens is 1. The van der Waals surface area contributed by atoms with Crippen LogP contribution in [0.5, 0.6) is 0 Å². The Labute approximate surface area is 109 Å². The predicted molar refractivity (Wildman–Crippen MR) is 66.6 cm³/mol. The molecule has 0 saturated carbocycles. The van der Waals surface area contributed by atoms with Crippen LogP contribution >= 0.6 is 11.6 Å². The van der Waals surface area contributed by atoms with Gasteiger partial charge in [0.15, 0.2) is 0 Å². The van der Waals surface area contributed by atoms with Crippen molar-refractivity contribution in [3.05, 3.63) is 58.6 Å². The molecule has 0 aromatic heterocycles. The Morgan fingerprint density at radius 2 is 1.78 bits per heavy atom. The minimum Gasteiger partial charge on any atom is -0.545 e. The molecule has 0 heterocycles. The smallest absolute Gasteiger partial charge is 0.150 e. The zero-order valence-electron chi connectivity index (χ0n) is 9.22.